The van der Waals surface area contributed by atoms with E-state index >= 15 is 0 Å². The van der Waals surface area contributed by atoms with E-state index in [9.17, 15) is 4.79 Å². The summed E-state index contributed by atoms with van der Waals surface area (Å²) in [4.78, 5) is 27.0. The number of nitrogens with one attached hydrogen (secondary N) is 1. The van der Waals surface area contributed by atoms with Gasteiger partial charge in [0, 0.05) is 67.5 Å². The second-order valence-electron chi connectivity index (χ2n) is 11.8. The number of anilines is 1. The maximum absolute atomic E-state index is 12.9. The standard InChI is InChI=1S/C31H37N5O2/c37-30(25-3-4-26-24(20-25)2-1-12-32-26)34-27-21-31(27)10-5-22(6-11-31)8-14-35-15-17-36(18-16-35)29-28-23(7-13-33-29)9-19-38-28/h1-4,7,12-13,20,22,27H,5-6,8-11,14-19,21H2,(H,34,37). The number of aromatic nitrogens is 2. The molecular formula is C31H37N5O2. The van der Waals surface area contributed by atoms with Gasteiger partial charge in [0.2, 0.25) is 0 Å². The summed E-state index contributed by atoms with van der Waals surface area (Å²) in [6.45, 7) is 6.22. The van der Waals surface area contributed by atoms with Gasteiger partial charge in [-0.3, -0.25) is 14.7 Å². The molecule has 1 N–H and O–H groups in total. The number of benzene rings is 1. The van der Waals surface area contributed by atoms with Crippen LogP contribution in [-0.4, -0.2) is 66.1 Å². The van der Waals surface area contributed by atoms with E-state index in [1.165, 1.54) is 44.2 Å². The van der Waals surface area contributed by atoms with E-state index in [0.29, 0.717) is 11.5 Å². The lowest BCUT2D eigenvalue weighted by molar-refractivity contribution is 0.0939. The predicted molar refractivity (Wildman–Crippen MR) is 149 cm³/mol. The number of carbonyl (C=O) groups is 1. The molecular weight excluding hydrogens is 474 g/mol. The van der Waals surface area contributed by atoms with Crippen molar-refractivity contribution in [3.05, 3.63) is 59.9 Å². The van der Waals surface area contributed by atoms with Crippen LogP contribution >= 0.6 is 0 Å². The van der Waals surface area contributed by atoms with E-state index < -0.39 is 0 Å². The Balaban J connectivity index is 0.851. The highest BCUT2D eigenvalue weighted by Gasteiger charge is 2.55. The number of hydrogen-bond acceptors (Lipinski definition) is 6. The molecule has 38 heavy (non-hydrogen) atoms. The highest BCUT2D eigenvalue weighted by atomic mass is 16.5. The van der Waals surface area contributed by atoms with E-state index in [1.807, 2.05) is 36.5 Å². The Morgan fingerprint density at radius 1 is 1.05 bits per heavy atom. The molecule has 0 bridgehead atoms. The van der Waals surface area contributed by atoms with Crippen molar-refractivity contribution in [3.63, 3.8) is 0 Å². The maximum Gasteiger partial charge on any atom is 0.251 e. The highest BCUT2D eigenvalue weighted by molar-refractivity contribution is 5.98. The largest absolute Gasteiger partial charge is 0.489 e. The molecule has 1 atom stereocenters. The van der Waals surface area contributed by atoms with E-state index in [-0.39, 0.29) is 5.91 Å². The minimum atomic E-state index is 0.0566. The molecule has 7 nitrogen and oxygen atoms in total. The molecule has 2 aliphatic carbocycles. The number of carbonyl (C=O) groups excluding carboxylic acids is 1. The lowest BCUT2D eigenvalue weighted by Crippen LogP contribution is -2.47. The van der Waals surface area contributed by atoms with Crippen LogP contribution < -0.4 is 15.0 Å². The first-order valence-corrected chi connectivity index (χ1v) is 14.4. The van der Waals surface area contributed by atoms with Gasteiger partial charge < -0.3 is 15.0 Å². The minimum absolute atomic E-state index is 0.0566. The molecule has 7 rings (SSSR count). The molecule has 4 heterocycles. The average molecular weight is 512 g/mol. The van der Waals surface area contributed by atoms with Crippen LogP contribution in [0.2, 0.25) is 0 Å². The molecule has 2 aromatic heterocycles. The fourth-order valence-corrected chi connectivity index (χ4v) is 6.97. The molecule has 1 saturated heterocycles. The van der Waals surface area contributed by atoms with Crippen molar-refractivity contribution in [2.75, 3.05) is 44.2 Å². The Hall–Kier alpha value is -3.19. The van der Waals surface area contributed by atoms with Crippen molar-refractivity contribution < 1.29 is 9.53 Å². The zero-order valence-corrected chi connectivity index (χ0v) is 22.1. The maximum atomic E-state index is 12.9. The zero-order chi connectivity index (χ0) is 25.5. The van der Waals surface area contributed by atoms with E-state index in [4.69, 9.17) is 4.74 Å². The zero-order valence-electron chi connectivity index (χ0n) is 22.1. The molecule has 1 spiro atoms. The van der Waals surface area contributed by atoms with Gasteiger partial charge in [0.05, 0.1) is 12.1 Å². The van der Waals surface area contributed by atoms with Gasteiger partial charge in [0.25, 0.3) is 5.91 Å². The van der Waals surface area contributed by atoms with Gasteiger partial charge >= 0.3 is 0 Å². The van der Waals surface area contributed by atoms with E-state index in [1.54, 1.807) is 6.20 Å². The van der Waals surface area contributed by atoms with E-state index in [2.05, 4.69) is 31.2 Å². The fraction of sp³-hybridized carbons (Fsp3) is 0.516. The summed E-state index contributed by atoms with van der Waals surface area (Å²) in [5.41, 5.74) is 3.32. The summed E-state index contributed by atoms with van der Waals surface area (Å²) in [5.74, 6) is 2.93. The normalized spacial score (nSPS) is 26.8. The van der Waals surface area contributed by atoms with Gasteiger partial charge in [-0.25, -0.2) is 4.98 Å². The average Bonchev–Trinajstić information content (AvgIpc) is 3.37. The van der Waals surface area contributed by atoms with Crippen molar-refractivity contribution >= 4 is 22.6 Å². The first-order chi connectivity index (χ1) is 18.7. The lowest BCUT2D eigenvalue weighted by Gasteiger charge is -2.37. The van der Waals surface area contributed by atoms with Crippen LogP contribution in [0.25, 0.3) is 10.9 Å². The molecule has 1 amide bonds. The third-order valence-electron chi connectivity index (χ3n) is 9.57. The number of amides is 1. The molecule has 198 valence electrons. The topological polar surface area (TPSA) is 70.6 Å². The number of nitrogens with zero attached hydrogens (tertiary/aromatic N) is 4. The first kappa shape index (κ1) is 23.9. The third kappa shape index (κ3) is 4.62. The lowest BCUT2D eigenvalue weighted by atomic mass is 9.78. The number of hydrogen-bond donors (Lipinski definition) is 1. The Bertz CT molecular complexity index is 1330. The first-order valence-electron chi connectivity index (χ1n) is 14.4. The van der Waals surface area contributed by atoms with Crippen LogP contribution in [0.4, 0.5) is 5.82 Å². The van der Waals surface area contributed by atoms with Crippen molar-refractivity contribution in [2.24, 2.45) is 11.3 Å². The number of ether oxygens (including phenoxy) is 1. The fourth-order valence-electron chi connectivity index (χ4n) is 6.97. The summed E-state index contributed by atoms with van der Waals surface area (Å²) in [6, 6.07) is 12.2. The summed E-state index contributed by atoms with van der Waals surface area (Å²) in [6.07, 6.45) is 12.3. The van der Waals surface area contributed by atoms with Crippen molar-refractivity contribution in [1.82, 2.24) is 20.2 Å². The molecule has 3 aromatic rings. The summed E-state index contributed by atoms with van der Waals surface area (Å²) < 4.78 is 5.88. The Morgan fingerprint density at radius 3 is 2.79 bits per heavy atom. The molecule has 2 aliphatic heterocycles. The van der Waals surface area contributed by atoms with Gasteiger partial charge in [-0.2, -0.15) is 0 Å². The quantitative estimate of drug-likeness (QED) is 0.527. The molecule has 1 aromatic carbocycles. The van der Waals surface area contributed by atoms with Crippen molar-refractivity contribution in [3.8, 4) is 5.75 Å². The second kappa shape index (κ2) is 9.84. The number of pyridine rings is 2. The Kier molecular flexibility index (Phi) is 6.19. The highest BCUT2D eigenvalue weighted by Crippen LogP contribution is 2.57. The SMILES string of the molecule is O=C(NC1CC12CCC(CCN1CCN(c3nccc4c3OCC4)CC1)CC2)c1ccc2ncccc2c1. The number of piperazine rings is 1. The van der Waals surface area contributed by atoms with Crippen LogP contribution in [0.5, 0.6) is 5.75 Å². The summed E-state index contributed by atoms with van der Waals surface area (Å²) in [5, 5.41) is 4.36. The molecule has 1 unspecified atom stereocenters. The van der Waals surface area contributed by atoms with Crippen LogP contribution in [0.3, 0.4) is 0 Å². The monoisotopic (exact) mass is 511 g/mol. The van der Waals surface area contributed by atoms with Crippen molar-refractivity contribution in [1.29, 1.82) is 0 Å². The van der Waals surface area contributed by atoms with Gasteiger partial charge in [-0.05, 0) is 86.7 Å². The smallest absolute Gasteiger partial charge is 0.251 e. The van der Waals surface area contributed by atoms with Gasteiger partial charge in [0.15, 0.2) is 11.6 Å². The predicted octanol–water partition coefficient (Wildman–Crippen LogP) is 4.46. The summed E-state index contributed by atoms with van der Waals surface area (Å²) in [7, 11) is 0. The third-order valence-corrected chi connectivity index (χ3v) is 9.57. The summed E-state index contributed by atoms with van der Waals surface area (Å²) >= 11 is 0. The molecule has 4 aliphatic rings. The van der Waals surface area contributed by atoms with Crippen LogP contribution in [0.1, 0.15) is 54.4 Å². The second-order valence-corrected chi connectivity index (χ2v) is 11.8. The van der Waals surface area contributed by atoms with Crippen molar-refractivity contribution in [2.45, 2.75) is 51.0 Å². The van der Waals surface area contributed by atoms with Gasteiger partial charge in [0.1, 0.15) is 0 Å². The van der Waals surface area contributed by atoms with E-state index in [0.717, 1.165) is 79.6 Å². The molecule has 7 heteroatoms. The molecule has 2 saturated carbocycles. The number of rotatable bonds is 6. The Labute approximate surface area is 224 Å². The number of fused-ring (bicyclic) bond motifs is 2. The van der Waals surface area contributed by atoms with Gasteiger partial charge in [-0.15, -0.1) is 0 Å². The van der Waals surface area contributed by atoms with Crippen LogP contribution in [0, 0.1) is 11.3 Å². The molecule has 3 fully saturated rings. The minimum Gasteiger partial charge on any atom is -0.489 e. The molecule has 0 radical (unpaired) electrons. The van der Waals surface area contributed by atoms with Crippen LogP contribution in [-0.2, 0) is 6.42 Å². The van der Waals surface area contributed by atoms with Crippen LogP contribution in [0.15, 0.2) is 48.8 Å². The Morgan fingerprint density at radius 2 is 1.92 bits per heavy atom. The van der Waals surface area contributed by atoms with Gasteiger partial charge in [-0.1, -0.05) is 6.07 Å².